The smallest absolute Gasteiger partial charge is 0.387 e. The Bertz CT molecular complexity index is 371. The van der Waals surface area contributed by atoms with Gasteiger partial charge in [0.15, 0.2) is 0 Å². The second kappa shape index (κ2) is 9.56. The van der Waals surface area contributed by atoms with Crippen LogP contribution in [0.5, 0.6) is 5.75 Å². The summed E-state index contributed by atoms with van der Waals surface area (Å²) < 4.78 is 28.7. The Labute approximate surface area is 120 Å². The summed E-state index contributed by atoms with van der Waals surface area (Å²) in [4.78, 5) is 0. The first-order chi connectivity index (χ1) is 9.61. The molecule has 0 aliphatic rings. The van der Waals surface area contributed by atoms with Gasteiger partial charge in [0, 0.05) is 17.8 Å². The van der Waals surface area contributed by atoms with Crippen LogP contribution in [0.25, 0.3) is 0 Å². The molecule has 0 bridgehead atoms. The largest absolute Gasteiger partial charge is 0.435 e. The fourth-order valence-electron chi connectivity index (χ4n) is 2.17. The Morgan fingerprint density at radius 1 is 1.15 bits per heavy atom. The van der Waals surface area contributed by atoms with Gasteiger partial charge in [-0.05, 0) is 25.5 Å². The molecule has 1 aromatic rings. The zero-order valence-corrected chi connectivity index (χ0v) is 12.4. The summed E-state index contributed by atoms with van der Waals surface area (Å²) in [5.41, 5.74) is 0.823. The van der Waals surface area contributed by atoms with E-state index in [2.05, 4.69) is 23.9 Å². The predicted molar refractivity (Wildman–Crippen MR) is 79.5 cm³/mol. The average Bonchev–Trinajstić information content (AvgIpc) is 2.38. The van der Waals surface area contributed by atoms with Crippen LogP contribution in [0.3, 0.4) is 0 Å². The highest BCUT2D eigenvalue weighted by Crippen LogP contribution is 2.20. The SMILES string of the molecule is CCCCCCCC(C)Nc1cccc(OC(F)F)c1. The van der Waals surface area contributed by atoms with Crippen molar-refractivity contribution in [2.75, 3.05) is 5.32 Å². The highest BCUT2D eigenvalue weighted by atomic mass is 19.3. The third-order valence-corrected chi connectivity index (χ3v) is 3.21. The molecule has 0 aliphatic heterocycles. The maximum Gasteiger partial charge on any atom is 0.387 e. The predicted octanol–water partition coefficient (Wildman–Crippen LogP) is 5.45. The van der Waals surface area contributed by atoms with Gasteiger partial charge in [0.25, 0.3) is 0 Å². The molecule has 0 heterocycles. The molecule has 4 heteroatoms. The molecule has 0 aromatic heterocycles. The molecule has 0 radical (unpaired) electrons. The molecule has 2 nitrogen and oxygen atoms in total. The van der Waals surface area contributed by atoms with E-state index in [4.69, 9.17) is 0 Å². The summed E-state index contributed by atoms with van der Waals surface area (Å²) in [6.07, 6.45) is 7.39. The van der Waals surface area contributed by atoms with Crippen LogP contribution in [0.2, 0.25) is 0 Å². The Kier molecular flexibility index (Phi) is 8.00. The van der Waals surface area contributed by atoms with Crippen molar-refractivity contribution in [3.8, 4) is 5.75 Å². The first kappa shape index (κ1) is 16.7. The van der Waals surface area contributed by atoms with Gasteiger partial charge in [-0.1, -0.05) is 45.1 Å². The van der Waals surface area contributed by atoms with E-state index in [1.165, 1.54) is 38.2 Å². The Hall–Kier alpha value is -1.32. The summed E-state index contributed by atoms with van der Waals surface area (Å²) >= 11 is 0. The lowest BCUT2D eigenvalue weighted by Crippen LogP contribution is -2.15. The summed E-state index contributed by atoms with van der Waals surface area (Å²) in [6.45, 7) is 1.54. The normalized spacial score (nSPS) is 12.4. The molecule has 0 saturated heterocycles. The van der Waals surface area contributed by atoms with Gasteiger partial charge < -0.3 is 10.1 Å². The van der Waals surface area contributed by atoms with E-state index in [-0.39, 0.29) is 5.75 Å². The van der Waals surface area contributed by atoms with Gasteiger partial charge in [0.1, 0.15) is 5.75 Å². The highest BCUT2D eigenvalue weighted by Gasteiger charge is 2.06. The maximum absolute atomic E-state index is 12.1. The number of rotatable bonds is 10. The van der Waals surface area contributed by atoms with E-state index in [1.54, 1.807) is 12.1 Å². The summed E-state index contributed by atoms with van der Waals surface area (Å²) in [6, 6.07) is 7.06. The molecule has 0 aliphatic carbocycles. The minimum atomic E-state index is -2.78. The summed E-state index contributed by atoms with van der Waals surface area (Å²) in [5, 5.41) is 3.32. The van der Waals surface area contributed by atoms with Crippen molar-refractivity contribution in [1.29, 1.82) is 0 Å². The number of halogens is 2. The molecule has 114 valence electrons. The molecular formula is C16H25F2NO. The molecule has 1 N–H and O–H groups in total. The standard InChI is InChI=1S/C16H25F2NO/c1-3-4-5-6-7-9-13(2)19-14-10-8-11-15(12-14)20-16(17)18/h8,10-13,16,19H,3-7,9H2,1-2H3. The Morgan fingerprint density at radius 3 is 2.60 bits per heavy atom. The van der Waals surface area contributed by atoms with Crippen molar-refractivity contribution in [2.24, 2.45) is 0 Å². The van der Waals surface area contributed by atoms with Crippen LogP contribution in [0.1, 0.15) is 52.4 Å². The number of alkyl halides is 2. The first-order valence-corrected chi connectivity index (χ1v) is 7.43. The minimum Gasteiger partial charge on any atom is -0.435 e. The van der Waals surface area contributed by atoms with Crippen molar-refractivity contribution in [2.45, 2.75) is 65.0 Å². The molecule has 1 rings (SSSR count). The minimum absolute atomic E-state index is 0.195. The fraction of sp³-hybridized carbons (Fsp3) is 0.625. The van der Waals surface area contributed by atoms with Crippen molar-refractivity contribution < 1.29 is 13.5 Å². The molecule has 20 heavy (non-hydrogen) atoms. The fourth-order valence-corrected chi connectivity index (χ4v) is 2.17. The van der Waals surface area contributed by atoms with Gasteiger partial charge in [-0.2, -0.15) is 8.78 Å². The number of nitrogens with one attached hydrogen (secondary N) is 1. The summed E-state index contributed by atoms with van der Waals surface area (Å²) in [5.74, 6) is 0.195. The van der Waals surface area contributed by atoms with Crippen LogP contribution >= 0.6 is 0 Å². The molecule has 1 atom stereocenters. The van der Waals surface area contributed by atoms with Crippen LogP contribution in [-0.4, -0.2) is 12.7 Å². The van der Waals surface area contributed by atoms with Gasteiger partial charge in [0.05, 0.1) is 0 Å². The van der Waals surface area contributed by atoms with Crippen molar-refractivity contribution in [1.82, 2.24) is 0 Å². The van der Waals surface area contributed by atoms with Gasteiger partial charge in [-0.15, -0.1) is 0 Å². The zero-order valence-electron chi connectivity index (χ0n) is 12.4. The van der Waals surface area contributed by atoms with Crippen molar-refractivity contribution in [3.63, 3.8) is 0 Å². The van der Waals surface area contributed by atoms with E-state index in [0.717, 1.165) is 12.1 Å². The maximum atomic E-state index is 12.1. The van der Waals surface area contributed by atoms with E-state index in [0.29, 0.717) is 6.04 Å². The lowest BCUT2D eigenvalue weighted by atomic mass is 10.1. The second-order valence-corrected chi connectivity index (χ2v) is 5.15. The molecule has 0 spiro atoms. The monoisotopic (exact) mass is 285 g/mol. The van der Waals surface area contributed by atoms with Crippen molar-refractivity contribution >= 4 is 5.69 Å². The van der Waals surface area contributed by atoms with Crippen LogP contribution in [-0.2, 0) is 0 Å². The lowest BCUT2D eigenvalue weighted by molar-refractivity contribution is -0.0498. The summed E-state index contributed by atoms with van der Waals surface area (Å²) in [7, 11) is 0. The second-order valence-electron chi connectivity index (χ2n) is 5.15. The van der Waals surface area contributed by atoms with Gasteiger partial charge in [0.2, 0.25) is 0 Å². The third kappa shape index (κ3) is 7.31. The zero-order chi connectivity index (χ0) is 14.8. The van der Waals surface area contributed by atoms with Gasteiger partial charge >= 0.3 is 6.61 Å². The first-order valence-electron chi connectivity index (χ1n) is 7.43. The van der Waals surface area contributed by atoms with Gasteiger partial charge in [-0.3, -0.25) is 0 Å². The number of anilines is 1. The van der Waals surface area contributed by atoms with Gasteiger partial charge in [-0.25, -0.2) is 0 Å². The number of unbranched alkanes of at least 4 members (excludes halogenated alkanes) is 4. The quantitative estimate of drug-likeness (QED) is 0.577. The molecule has 0 amide bonds. The number of ether oxygens (including phenoxy) is 1. The molecule has 0 fully saturated rings. The molecule has 1 unspecified atom stereocenters. The van der Waals surface area contributed by atoms with E-state index in [9.17, 15) is 8.78 Å². The molecule has 1 aromatic carbocycles. The van der Waals surface area contributed by atoms with E-state index >= 15 is 0 Å². The lowest BCUT2D eigenvalue weighted by Gasteiger charge is -2.16. The Balaban J connectivity index is 2.32. The van der Waals surface area contributed by atoms with Crippen LogP contribution in [0.4, 0.5) is 14.5 Å². The van der Waals surface area contributed by atoms with Crippen LogP contribution < -0.4 is 10.1 Å². The van der Waals surface area contributed by atoms with E-state index < -0.39 is 6.61 Å². The van der Waals surface area contributed by atoms with Crippen LogP contribution in [0.15, 0.2) is 24.3 Å². The molecular weight excluding hydrogens is 260 g/mol. The van der Waals surface area contributed by atoms with Crippen molar-refractivity contribution in [3.05, 3.63) is 24.3 Å². The average molecular weight is 285 g/mol. The van der Waals surface area contributed by atoms with E-state index in [1.807, 2.05) is 6.07 Å². The molecule has 0 saturated carbocycles. The topological polar surface area (TPSA) is 21.3 Å². The Morgan fingerprint density at radius 2 is 1.90 bits per heavy atom. The highest BCUT2D eigenvalue weighted by molar-refractivity contribution is 5.48. The number of hydrogen-bond donors (Lipinski definition) is 1. The number of hydrogen-bond acceptors (Lipinski definition) is 2. The number of benzene rings is 1. The van der Waals surface area contributed by atoms with Crippen LogP contribution in [0, 0.1) is 0 Å². The third-order valence-electron chi connectivity index (χ3n) is 3.21.